The molecule has 0 N–H and O–H groups in total. The molecule has 8 heteroatoms. The standard InChI is InChI=1S/C34H38Cl2N2O3S/c1-4-20-34(3)22-30(26-10-9-11-28(36)21-26)32(25-16-18-27(35)19-17-25)38(33(34)39)31(24-14-15-24)23-37(42(40,41)5-2)29-12-7-6-8-13-29/h4,6-13,16-19,21,24,30-32H,1,5,14-15,20,22-23H2,2-3H3/t30-,31-,32?,34+/m1/s1. The Morgan fingerprint density at radius 3 is 2.29 bits per heavy atom. The Labute approximate surface area is 260 Å². The van der Waals surface area contributed by atoms with Crippen LogP contribution in [0.5, 0.6) is 0 Å². The van der Waals surface area contributed by atoms with Crippen molar-refractivity contribution in [1.82, 2.24) is 4.90 Å². The first-order valence-corrected chi connectivity index (χ1v) is 16.9. The van der Waals surface area contributed by atoms with Gasteiger partial charge in [-0.3, -0.25) is 9.10 Å². The van der Waals surface area contributed by atoms with Crippen LogP contribution in [0.4, 0.5) is 5.69 Å². The molecule has 1 aliphatic heterocycles. The first kappa shape index (κ1) is 30.7. The van der Waals surface area contributed by atoms with Crippen molar-refractivity contribution < 1.29 is 13.2 Å². The highest BCUT2D eigenvalue weighted by Crippen LogP contribution is 2.54. The number of allylic oxidation sites excluding steroid dienone is 1. The lowest BCUT2D eigenvalue weighted by atomic mass is 9.67. The summed E-state index contributed by atoms with van der Waals surface area (Å²) in [5.41, 5.74) is 1.91. The second kappa shape index (κ2) is 12.4. The van der Waals surface area contributed by atoms with E-state index in [1.165, 1.54) is 4.31 Å². The number of benzene rings is 3. The number of likely N-dealkylation sites (tertiary alicyclic amines) is 1. The first-order valence-electron chi connectivity index (χ1n) is 14.6. The van der Waals surface area contributed by atoms with Crippen molar-refractivity contribution in [1.29, 1.82) is 0 Å². The van der Waals surface area contributed by atoms with Crippen LogP contribution < -0.4 is 4.31 Å². The monoisotopic (exact) mass is 624 g/mol. The Morgan fingerprint density at radius 1 is 1.00 bits per heavy atom. The second-order valence-electron chi connectivity index (χ2n) is 11.8. The van der Waals surface area contributed by atoms with Crippen LogP contribution in [0, 0.1) is 11.3 Å². The fourth-order valence-electron chi connectivity index (χ4n) is 6.50. The van der Waals surface area contributed by atoms with Gasteiger partial charge in [-0.1, -0.05) is 78.7 Å². The van der Waals surface area contributed by atoms with Gasteiger partial charge in [-0.15, -0.1) is 6.58 Å². The normalized spacial score (nSPS) is 23.4. The third kappa shape index (κ3) is 6.27. The van der Waals surface area contributed by atoms with Crippen molar-refractivity contribution in [3.63, 3.8) is 0 Å². The fourth-order valence-corrected chi connectivity index (χ4v) is 7.96. The summed E-state index contributed by atoms with van der Waals surface area (Å²) >= 11 is 12.8. The lowest BCUT2D eigenvalue weighted by Crippen LogP contribution is -2.59. The molecule has 1 heterocycles. The molecule has 0 aromatic heterocycles. The minimum absolute atomic E-state index is 0.0273. The molecule has 0 radical (unpaired) electrons. The Kier molecular flexibility index (Phi) is 9.08. The van der Waals surface area contributed by atoms with Crippen molar-refractivity contribution in [3.05, 3.63) is 113 Å². The fraction of sp³-hybridized carbons (Fsp3) is 0.382. The molecule has 42 heavy (non-hydrogen) atoms. The van der Waals surface area contributed by atoms with E-state index >= 15 is 0 Å². The molecule has 4 atom stereocenters. The molecular weight excluding hydrogens is 587 g/mol. The number of para-hydroxylation sites is 1. The Bertz CT molecular complexity index is 1530. The van der Waals surface area contributed by atoms with E-state index in [1.807, 2.05) is 90.7 Å². The van der Waals surface area contributed by atoms with Gasteiger partial charge in [0.15, 0.2) is 0 Å². The van der Waals surface area contributed by atoms with E-state index in [1.54, 1.807) is 6.92 Å². The topological polar surface area (TPSA) is 57.7 Å². The number of anilines is 1. The lowest BCUT2D eigenvalue weighted by Gasteiger charge is -2.53. The number of piperidine rings is 1. The third-order valence-electron chi connectivity index (χ3n) is 8.81. The zero-order chi connectivity index (χ0) is 30.1. The maximum Gasteiger partial charge on any atom is 0.234 e. The van der Waals surface area contributed by atoms with Crippen molar-refractivity contribution in [2.24, 2.45) is 11.3 Å². The van der Waals surface area contributed by atoms with E-state index in [0.29, 0.717) is 28.6 Å². The van der Waals surface area contributed by atoms with E-state index in [9.17, 15) is 13.2 Å². The Hall–Kier alpha value is -2.80. The molecular formula is C34H38Cl2N2O3S. The van der Waals surface area contributed by atoms with Crippen LogP contribution >= 0.6 is 23.2 Å². The maximum atomic E-state index is 14.8. The van der Waals surface area contributed by atoms with Gasteiger partial charge in [0.25, 0.3) is 0 Å². The highest BCUT2D eigenvalue weighted by Gasteiger charge is 2.54. The molecule has 222 valence electrons. The average molecular weight is 626 g/mol. The zero-order valence-electron chi connectivity index (χ0n) is 24.1. The van der Waals surface area contributed by atoms with Crippen LogP contribution in [0.15, 0.2) is 91.5 Å². The summed E-state index contributed by atoms with van der Waals surface area (Å²) in [5.74, 6) is 0.0990. The molecule has 0 spiro atoms. The highest BCUT2D eigenvalue weighted by molar-refractivity contribution is 7.92. The van der Waals surface area contributed by atoms with E-state index in [-0.39, 0.29) is 42.1 Å². The summed E-state index contributed by atoms with van der Waals surface area (Å²) in [6.07, 6.45) is 4.82. The van der Waals surface area contributed by atoms with E-state index in [4.69, 9.17) is 23.2 Å². The van der Waals surface area contributed by atoms with Gasteiger partial charge in [-0.25, -0.2) is 8.42 Å². The van der Waals surface area contributed by atoms with Crippen molar-refractivity contribution in [2.45, 2.75) is 57.5 Å². The van der Waals surface area contributed by atoms with E-state index in [2.05, 4.69) is 12.6 Å². The molecule has 5 rings (SSSR count). The number of amides is 1. The number of carbonyl (C=O) groups excluding carboxylic acids is 1. The molecule has 1 unspecified atom stereocenters. The van der Waals surface area contributed by atoms with Crippen LogP contribution in [0.3, 0.4) is 0 Å². The summed E-state index contributed by atoms with van der Waals surface area (Å²) in [6, 6.07) is 24.1. The first-order chi connectivity index (χ1) is 20.1. The average Bonchev–Trinajstić information content (AvgIpc) is 3.82. The largest absolute Gasteiger partial charge is 0.329 e. The van der Waals surface area contributed by atoms with Gasteiger partial charge >= 0.3 is 0 Å². The number of halogens is 2. The number of rotatable bonds is 11. The van der Waals surface area contributed by atoms with Gasteiger partial charge < -0.3 is 4.90 Å². The molecule has 0 bridgehead atoms. The summed E-state index contributed by atoms with van der Waals surface area (Å²) in [6.45, 7) is 7.85. The summed E-state index contributed by atoms with van der Waals surface area (Å²) in [7, 11) is -3.62. The van der Waals surface area contributed by atoms with Crippen LogP contribution in [0.1, 0.15) is 62.6 Å². The number of hydrogen-bond donors (Lipinski definition) is 0. The number of sulfonamides is 1. The Morgan fingerprint density at radius 2 is 1.69 bits per heavy atom. The van der Waals surface area contributed by atoms with Crippen molar-refractivity contribution in [3.8, 4) is 0 Å². The molecule has 1 saturated heterocycles. The summed E-state index contributed by atoms with van der Waals surface area (Å²) in [5, 5.41) is 1.26. The maximum absolute atomic E-state index is 14.8. The molecule has 1 aliphatic carbocycles. The SMILES string of the molecule is C=CC[C@@]1(C)C[C@H](c2cccc(Cl)c2)C(c2ccc(Cl)cc2)N([C@H](CN(c2ccccc2)S(=O)(=O)CC)C2CC2)C1=O. The molecule has 2 aliphatic rings. The molecule has 1 amide bonds. The van der Waals surface area contributed by atoms with Gasteiger partial charge in [0.05, 0.1) is 35.5 Å². The number of nitrogens with zero attached hydrogens (tertiary/aromatic N) is 2. The molecule has 3 aromatic carbocycles. The van der Waals surface area contributed by atoms with E-state index < -0.39 is 15.4 Å². The van der Waals surface area contributed by atoms with Gasteiger partial charge in [-0.2, -0.15) is 0 Å². The Balaban J connectivity index is 1.70. The minimum Gasteiger partial charge on any atom is -0.329 e. The molecule has 3 aromatic rings. The number of hydrogen-bond acceptors (Lipinski definition) is 3. The summed E-state index contributed by atoms with van der Waals surface area (Å²) in [4.78, 5) is 16.8. The molecule has 2 fully saturated rings. The second-order valence-corrected chi connectivity index (χ2v) is 14.9. The van der Waals surface area contributed by atoms with Gasteiger partial charge in [0.2, 0.25) is 15.9 Å². The quantitative estimate of drug-likeness (QED) is 0.202. The zero-order valence-corrected chi connectivity index (χ0v) is 26.5. The van der Waals surface area contributed by atoms with Crippen molar-refractivity contribution in [2.75, 3.05) is 16.6 Å². The third-order valence-corrected chi connectivity index (χ3v) is 11.1. The van der Waals surface area contributed by atoms with Crippen LogP contribution in [-0.2, 0) is 14.8 Å². The van der Waals surface area contributed by atoms with E-state index in [0.717, 1.165) is 24.0 Å². The van der Waals surface area contributed by atoms with Crippen LogP contribution in [0.2, 0.25) is 10.0 Å². The number of carbonyl (C=O) groups is 1. The summed E-state index contributed by atoms with van der Waals surface area (Å²) < 4.78 is 28.6. The smallest absolute Gasteiger partial charge is 0.234 e. The lowest BCUT2D eigenvalue weighted by molar-refractivity contribution is -0.154. The molecule has 1 saturated carbocycles. The predicted molar refractivity (Wildman–Crippen MR) is 173 cm³/mol. The van der Waals surface area contributed by atoms with Crippen molar-refractivity contribution >= 4 is 44.8 Å². The van der Waals surface area contributed by atoms with Gasteiger partial charge in [0, 0.05) is 16.0 Å². The van der Waals surface area contributed by atoms with Crippen LogP contribution in [0.25, 0.3) is 0 Å². The predicted octanol–water partition coefficient (Wildman–Crippen LogP) is 8.27. The van der Waals surface area contributed by atoms with Gasteiger partial charge in [-0.05, 0) is 86.1 Å². The van der Waals surface area contributed by atoms with Crippen LogP contribution in [-0.4, -0.2) is 37.6 Å². The minimum atomic E-state index is -3.62. The molecule has 5 nitrogen and oxygen atoms in total. The van der Waals surface area contributed by atoms with Gasteiger partial charge in [0.1, 0.15) is 0 Å². The highest BCUT2D eigenvalue weighted by atomic mass is 35.5.